The molecule has 7 rings (SSSR count). The lowest BCUT2D eigenvalue weighted by Crippen LogP contribution is -2.38. The topological polar surface area (TPSA) is 139 Å². The fourth-order valence-corrected chi connectivity index (χ4v) is 6.90. The van der Waals surface area contributed by atoms with Crippen LogP contribution in [0.15, 0.2) is 106 Å². The number of nitro benzene ring substituents is 2. The standard InChI is InChI=1S/C34H24N4O7S/c1-44-24-14-10-21(11-15-24)32-26-16-12-20-6-2-4-8-25(20)31(26)35-34-36(32)33(39)30(46-34)18-22-7-3-5-9-28(22)45-29-17-13-23(37(40)41)19-27(29)38(42)43/h2-11,13-15,17-19,32H,12,16H2,1H3/b30-18-/t32-/m0/s1. The van der Waals surface area contributed by atoms with Crippen molar-refractivity contribution >= 4 is 34.5 Å². The van der Waals surface area contributed by atoms with E-state index >= 15 is 0 Å². The maximum Gasteiger partial charge on any atom is 0.318 e. The molecule has 2 aliphatic rings. The van der Waals surface area contributed by atoms with Gasteiger partial charge in [0.15, 0.2) is 4.80 Å². The summed E-state index contributed by atoms with van der Waals surface area (Å²) < 4.78 is 13.5. The number of thiazole rings is 1. The minimum atomic E-state index is -0.734. The van der Waals surface area contributed by atoms with E-state index in [9.17, 15) is 25.0 Å². The number of benzene rings is 4. The van der Waals surface area contributed by atoms with Crippen molar-refractivity contribution in [3.63, 3.8) is 0 Å². The quantitative estimate of drug-likeness (QED) is 0.160. The van der Waals surface area contributed by atoms with Crippen molar-refractivity contribution in [2.75, 3.05) is 7.11 Å². The fraction of sp³-hybridized carbons (Fsp3) is 0.118. The number of methoxy groups -OCH3 is 1. The Morgan fingerprint density at radius 2 is 1.67 bits per heavy atom. The molecule has 0 radical (unpaired) electrons. The number of ether oxygens (including phenoxy) is 2. The summed E-state index contributed by atoms with van der Waals surface area (Å²) in [5.74, 6) is 0.790. The number of rotatable bonds is 7. The van der Waals surface area contributed by atoms with Crippen molar-refractivity contribution in [1.82, 2.24) is 4.57 Å². The van der Waals surface area contributed by atoms with E-state index in [4.69, 9.17) is 14.5 Å². The van der Waals surface area contributed by atoms with E-state index in [1.54, 1.807) is 42.0 Å². The number of hydrogen-bond acceptors (Lipinski definition) is 9. The van der Waals surface area contributed by atoms with Crippen LogP contribution in [0.1, 0.15) is 34.7 Å². The molecule has 4 aromatic carbocycles. The van der Waals surface area contributed by atoms with Crippen molar-refractivity contribution in [2.24, 2.45) is 4.99 Å². The van der Waals surface area contributed by atoms with Crippen LogP contribution in [0.25, 0.3) is 11.8 Å². The Hall–Kier alpha value is -5.88. The van der Waals surface area contributed by atoms with Gasteiger partial charge in [-0.2, -0.15) is 0 Å². The number of nitro groups is 2. The number of aromatic nitrogens is 1. The molecule has 1 atom stereocenters. The van der Waals surface area contributed by atoms with E-state index in [1.807, 2.05) is 36.4 Å². The van der Waals surface area contributed by atoms with Gasteiger partial charge in [-0.15, -0.1) is 0 Å². The van der Waals surface area contributed by atoms with Crippen LogP contribution in [-0.2, 0) is 6.42 Å². The van der Waals surface area contributed by atoms with E-state index < -0.39 is 21.2 Å². The SMILES string of the molecule is COc1ccc([C@H]2C3=C(N=c4s/c(=C\c5ccccc5Oc5ccc([N+](=O)[O-])cc5[N+](=O)[O-])c(=O)n42)c2ccccc2CC3)cc1. The molecule has 12 heteroatoms. The van der Waals surface area contributed by atoms with E-state index in [0.717, 1.165) is 47.4 Å². The van der Waals surface area contributed by atoms with Gasteiger partial charge in [-0.1, -0.05) is 65.9 Å². The number of allylic oxidation sites excluding steroid dienone is 1. The molecule has 1 aliphatic carbocycles. The van der Waals surface area contributed by atoms with Crippen molar-refractivity contribution in [3.8, 4) is 17.2 Å². The zero-order valence-electron chi connectivity index (χ0n) is 24.3. The molecular weight excluding hydrogens is 608 g/mol. The lowest BCUT2D eigenvalue weighted by atomic mass is 9.83. The van der Waals surface area contributed by atoms with Crippen molar-refractivity contribution < 1.29 is 19.3 Å². The minimum Gasteiger partial charge on any atom is -0.497 e. The molecule has 0 amide bonds. The first-order valence-electron chi connectivity index (χ1n) is 14.3. The summed E-state index contributed by atoms with van der Waals surface area (Å²) in [6, 6.07) is 25.5. The highest BCUT2D eigenvalue weighted by molar-refractivity contribution is 7.07. The van der Waals surface area contributed by atoms with Crippen LogP contribution in [0.4, 0.5) is 11.4 Å². The number of non-ortho nitro benzene ring substituents is 1. The average Bonchev–Trinajstić information content (AvgIpc) is 3.38. The lowest BCUT2D eigenvalue weighted by Gasteiger charge is -2.30. The van der Waals surface area contributed by atoms with Crippen LogP contribution in [0.3, 0.4) is 0 Å². The van der Waals surface area contributed by atoms with Crippen LogP contribution < -0.4 is 24.4 Å². The monoisotopic (exact) mass is 632 g/mol. The molecule has 2 heterocycles. The summed E-state index contributed by atoms with van der Waals surface area (Å²) >= 11 is 1.25. The molecule has 46 heavy (non-hydrogen) atoms. The molecule has 228 valence electrons. The maximum absolute atomic E-state index is 14.2. The fourth-order valence-electron chi connectivity index (χ4n) is 5.91. The third-order valence-corrected chi connectivity index (χ3v) is 9.06. The summed E-state index contributed by atoms with van der Waals surface area (Å²) in [6.45, 7) is 0. The largest absolute Gasteiger partial charge is 0.497 e. The first-order valence-corrected chi connectivity index (χ1v) is 15.1. The number of aryl methyl sites for hydroxylation is 1. The number of fused-ring (bicyclic) bond motifs is 3. The van der Waals surface area contributed by atoms with Crippen LogP contribution in [-0.4, -0.2) is 21.5 Å². The molecule has 0 saturated heterocycles. The van der Waals surface area contributed by atoms with Crippen LogP contribution in [0.2, 0.25) is 0 Å². The molecule has 1 aliphatic heterocycles. The van der Waals surface area contributed by atoms with E-state index in [0.29, 0.717) is 20.6 Å². The Balaban J connectivity index is 1.37. The summed E-state index contributed by atoms with van der Waals surface area (Å²) in [5, 5.41) is 22.9. The van der Waals surface area contributed by atoms with Gasteiger partial charge in [0, 0.05) is 17.2 Å². The first kappa shape index (κ1) is 28.9. The molecule has 11 nitrogen and oxygen atoms in total. The van der Waals surface area contributed by atoms with Crippen molar-refractivity contribution in [1.29, 1.82) is 0 Å². The van der Waals surface area contributed by atoms with Gasteiger partial charge in [0.25, 0.3) is 11.2 Å². The number of para-hydroxylation sites is 1. The van der Waals surface area contributed by atoms with E-state index in [-0.39, 0.29) is 23.1 Å². The van der Waals surface area contributed by atoms with E-state index in [2.05, 4.69) is 12.1 Å². The Morgan fingerprint density at radius 1 is 0.913 bits per heavy atom. The second-order valence-corrected chi connectivity index (χ2v) is 11.7. The van der Waals surface area contributed by atoms with Crippen molar-refractivity contribution in [2.45, 2.75) is 18.9 Å². The predicted molar refractivity (Wildman–Crippen MR) is 172 cm³/mol. The summed E-state index contributed by atoms with van der Waals surface area (Å²) in [4.78, 5) is 41.3. The van der Waals surface area contributed by atoms with Crippen molar-refractivity contribution in [3.05, 3.63) is 159 Å². The maximum atomic E-state index is 14.2. The smallest absolute Gasteiger partial charge is 0.318 e. The van der Waals surface area contributed by atoms with Gasteiger partial charge in [0.1, 0.15) is 11.5 Å². The molecule has 0 N–H and O–H groups in total. The van der Waals surface area contributed by atoms with Gasteiger partial charge in [-0.05, 0) is 59.9 Å². The predicted octanol–water partition coefficient (Wildman–Crippen LogP) is 5.94. The van der Waals surface area contributed by atoms with E-state index in [1.165, 1.54) is 23.0 Å². The minimum absolute atomic E-state index is 0.163. The molecule has 0 saturated carbocycles. The molecule has 1 aromatic heterocycles. The van der Waals surface area contributed by atoms with Gasteiger partial charge in [-0.25, -0.2) is 4.99 Å². The van der Waals surface area contributed by atoms with Crippen LogP contribution >= 0.6 is 11.3 Å². The molecule has 0 unspecified atom stereocenters. The highest BCUT2D eigenvalue weighted by atomic mass is 32.1. The van der Waals surface area contributed by atoms with Gasteiger partial charge in [-0.3, -0.25) is 29.6 Å². The zero-order valence-corrected chi connectivity index (χ0v) is 25.1. The highest BCUT2D eigenvalue weighted by Gasteiger charge is 2.32. The Kier molecular flexibility index (Phi) is 7.26. The molecule has 0 bridgehead atoms. The normalized spacial score (nSPS) is 15.3. The lowest BCUT2D eigenvalue weighted by molar-refractivity contribution is -0.394. The summed E-state index contributed by atoms with van der Waals surface area (Å²) in [6.07, 6.45) is 3.26. The molecular formula is C34H24N4O7S. The third-order valence-electron chi connectivity index (χ3n) is 8.08. The Morgan fingerprint density at radius 3 is 2.43 bits per heavy atom. The number of nitrogens with zero attached hydrogens (tertiary/aromatic N) is 4. The summed E-state index contributed by atoms with van der Waals surface area (Å²) in [7, 11) is 1.61. The first-order chi connectivity index (χ1) is 22.3. The Bertz CT molecular complexity index is 2270. The molecule has 0 spiro atoms. The van der Waals surface area contributed by atoms with Crippen LogP contribution in [0, 0.1) is 20.2 Å². The van der Waals surface area contributed by atoms with Gasteiger partial charge < -0.3 is 9.47 Å². The average molecular weight is 633 g/mol. The second-order valence-electron chi connectivity index (χ2n) is 10.7. The summed E-state index contributed by atoms with van der Waals surface area (Å²) in [5.41, 5.74) is 4.44. The molecule has 5 aromatic rings. The second kappa shape index (κ2) is 11.6. The third kappa shape index (κ3) is 5.04. The zero-order chi connectivity index (χ0) is 31.9. The van der Waals surface area contributed by atoms with Crippen LogP contribution in [0.5, 0.6) is 17.2 Å². The van der Waals surface area contributed by atoms with Gasteiger partial charge >= 0.3 is 5.69 Å². The molecule has 0 fully saturated rings. The van der Waals surface area contributed by atoms with Gasteiger partial charge in [0.05, 0.1) is 39.3 Å². The van der Waals surface area contributed by atoms with Gasteiger partial charge in [0.2, 0.25) is 5.75 Å². The highest BCUT2D eigenvalue weighted by Crippen LogP contribution is 2.41. The Labute approximate surface area is 264 Å². The number of hydrogen-bond donors (Lipinski definition) is 0.